The van der Waals surface area contributed by atoms with Crippen LogP contribution in [-0.2, 0) is 5.41 Å². The van der Waals surface area contributed by atoms with Crippen molar-refractivity contribution >= 4 is 97.1 Å². The van der Waals surface area contributed by atoms with E-state index in [0.717, 1.165) is 84.2 Å². The van der Waals surface area contributed by atoms with Gasteiger partial charge in [0.1, 0.15) is 0 Å². The molecule has 1 aliphatic rings. The highest BCUT2D eigenvalue weighted by atomic mass is 32.1. The first kappa shape index (κ1) is 69.0. The second-order valence-corrected chi connectivity index (χ2v) is 32.7. The molecule has 115 heavy (non-hydrogen) atoms. The molecule has 0 unspecified atom stereocenters. The van der Waals surface area contributed by atoms with Crippen LogP contribution in [0.25, 0.3) is 163 Å². The maximum atomic E-state index is 2.56. The second-order valence-electron chi connectivity index (χ2n) is 30.6. The molecule has 20 aromatic rings. The first-order valence-electron chi connectivity index (χ1n) is 39.6. The quantitative estimate of drug-likeness (QED) is 0.0951. The van der Waals surface area contributed by atoms with Crippen molar-refractivity contribution in [1.29, 1.82) is 0 Å². The van der Waals surface area contributed by atoms with Crippen LogP contribution >= 0.6 is 22.7 Å². The van der Waals surface area contributed by atoms with E-state index in [1.165, 1.54) is 124 Å². The number of nitrogens with zero attached hydrogens (tertiary/aromatic N) is 2. The summed E-state index contributed by atoms with van der Waals surface area (Å²) in [6.07, 6.45) is 0. The van der Waals surface area contributed by atoms with E-state index < -0.39 is 0 Å². The minimum absolute atomic E-state index is 0.220. The third-order valence-corrected chi connectivity index (χ3v) is 25.9. The molecule has 1 aliphatic carbocycles. The standard InChI is InChI=1S/C111H76N2S2/c1-111(2)101-40-21-18-37-93(101)94-65-64-91(71-102(94)111)113(108-99(81-31-14-6-15-32-81)72-100-96-39-20-23-42-105(96)115-110(100)107(108)83-33-16-7-17-34-83)90-60-53-79(54-61-90)85-35-24-36-86(69-85)87-57-68-103(98(70-87)80-29-12-5-13-30-80)112(88-58-51-78(52-59-88)77-45-43-75(44-46-77)73-25-8-3-9-26-73)89-62-55-82(56-63-89)92-66-67-97-95-38-19-22-41-104(95)114-109(97)106(92)84-49-47-76(48-50-84)74-27-10-4-11-28-74/h3-72H,1-2H3. The molecular formula is C111H76N2S2. The molecule has 0 N–H and O–H groups in total. The molecule has 21 rings (SSSR count). The Balaban J connectivity index is 0.684. The van der Waals surface area contributed by atoms with Crippen LogP contribution in [0.15, 0.2) is 425 Å². The molecule has 0 bridgehead atoms. The van der Waals surface area contributed by atoms with E-state index in [1.807, 2.05) is 22.7 Å². The average Bonchev–Trinajstić information content (AvgIpc) is 1.61. The van der Waals surface area contributed by atoms with Crippen molar-refractivity contribution in [3.05, 3.63) is 436 Å². The third kappa shape index (κ3) is 12.4. The fraction of sp³-hybridized carbons (Fsp3) is 0.0270. The summed E-state index contributed by atoms with van der Waals surface area (Å²) < 4.78 is 5.12. The van der Waals surface area contributed by atoms with Crippen LogP contribution in [0, 0.1) is 0 Å². The van der Waals surface area contributed by atoms with Crippen LogP contribution < -0.4 is 9.80 Å². The number of hydrogen-bond acceptors (Lipinski definition) is 4. The van der Waals surface area contributed by atoms with Crippen LogP contribution in [0.4, 0.5) is 34.1 Å². The van der Waals surface area contributed by atoms with Crippen LogP contribution in [0.1, 0.15) is 25.0 Å². The molecule has 18 aromatic carbocycles. The van der Waals surface area contributed by atoms with Crippen molar-refractivity contribution in [1.82, 2.24) is 0 Å². The Labute approximate surface area is 679 Å². The summed E-state index contributed by atoms with van der Waals surface area (Å²) >= 11 is 3.77. The minimum Gasteiger partial charge on any atom is -0.310 e. The van der Waals surface area contributed by atoms with Crippen molar-refractivity contribution in [2.24, 2.45) is 0 Å². The largest absolute Gasteiger partial charge is 0.310 e. The molecule has 2 heterocycles. The zero-order valence-electron chi connectivity index (χ0n) is 63.6. The number of fused-ring (bicyclic) bond motifs is 9. The van der Waals surface area contributed by atoms with Gasteiger partial charge in [-0.1, -0.05) is 354 Å². The monoisotopic (exact) mass is 1500 g/mol. The summed E-state index contributed by atoms with van der Waals surface area (Å²) in [5, 5.41) is 5.10. The van der Waals surface area contributed by atoms with E-state index >= 15 is 0 Å². The molecule has 0 atom stereocenters. The zero-order chi connectivity index (χ0) is 76.5. The highest BCUT2D eigenvalue weighted by molar-refractivity contribution is 7.26. The Morgan fingerprint density at radius 3 is 1.14 bits per heavy atom. The summed E-state index contributed by atoms with van der Waals surface area (Å²) in [4.78, 5) is 5.01. The Hall–Kier alpha value is -14.0. The summed E-state index contributed by atoms with van der Waals surface area (Å²) in [5.41, 5.74) is 35.0. The summed E-state index contributed by atoms with van der Waals surface area (Å²) in [5.74, 6) is 0. The van der Waals surface area contributed by atoms with E-state index in [1.54, 1.807) is 0 Å². The lowest BCUT2D eigenvalue weighted by Crippen LogP contribution is -2.17. The van der Waals surface area contributed by atoms with Crippen LogP contribution in [0.2, 0.25) is 0 Å². The highest BCUT2D eigenvalue weighted by Crippen LogP contribution is 2.57. The predicted molar refractivity (Wildman–Crippen MR) is 494 cm³/mol. The smallest absolute Gasteiger partial charge is 0.0633 e. The molecule has 0 saturated heterocycles. The molecule has 0 fully saturated rings. The molecule has 4 heteroatoms. The first-order chi connectivity index (χ1) is 56.8. The van der Waals surface area contributed by atoms with Gasteiger partial charge in [0.15, 0.2) is 0 Å². The first-order valence-corrected chi connectivity index (χ1v) is 41.2. The van der Waals surface area contributed by atoms with Gasteiger partial charge in [-0.2, -0.15) is 0 Å². The third-order valence-electron chi connectivity index (χ3n) is 23.5. The predicted octanol–water partition coefficient (Wildman–Crippen LogP) is 32.3. The van der Waals surface area contributed by atoms with E-state index in [0.29, 0.717) is 0 Å². The van der Waals surface area contributed by atoms with Gasteiger partial charge < -0.3 is 9.80 Å². The molecular weight excluding hydrogens is 1430 g/mol. The Morgan fingerprint density at radius 1 is 0.200 bits per heavy atom. The minimum atomic E-state index is -0.220. The zero-order valence-corrected chi connectivity index (χ0v) is 65.3. The number of rotatable bonds is 16. The average molecular weight is 1500 g/mol. The Kier molecular flexibility index (Phi) is 17.4. The molecule has 0 spiro atoms. The molecule has 2 aromatic heterocycles. The Bertz CT molecular complexity index is 7030. The molecule has 542 valence electrons. The number of anilines is 6. The van der Waals surface area contributed by atoms with Gasteiger partial charge in [-0.25, -0.2) is 0 Å². The van der Waals surface area contributed by atoms with Gasteiger partial charge in [-0.05, 0) is 196 Å². The fourth-order valence-corrected chi connectivity index (χ4v) is 20.3. The van der Waals surface area contributed by atoms with Crippen molar-refractivity contribution in [3.63, 3.8) is 0 Å². The van der Waals surface area contributed by atoms with Crippen LogP contribution in [-0.4, -0.2) is 0 Å². The maximum absolute atomic E-state index is 2.56. The molecule has 0 radical (unpaired) electrons. The van der Waals surface area contributed by atoms with Crippen LogP contribution in [0.3, 0.4) is 0 Å². The summed E-state index contributed by atoms with van der Waals surface area (Å²) in [6.45, 7) is 4.77. The molecule has 2 nitrogen and oxygen atoms in total. The normalized spacial score (nSPS) is 12.2. The Morgan fingerprint density at radius 2 is 0.565 bits per heavy atom. The van der Waals surface area contributed by atoms with E-state index in [9.17, 15) is 0 Å². The summed E-state index contributed by atoms with van der Waals surface area (Å²) in [7, 11) is 0. The van der Waals surface area contributed by atoms with Gasteiger partial charge in [-0.15, -0.1) is 22.7 Å². The lowest BCUT2D eigenvalue weighted by atomic mass is 9.82. The maximum Gasteiger partial charge on any atom is 0.0633 e. The SMILES string of the molecule is CC1(C)c2ccccc2-c2ccc(N(c3ccc(-c4cccc(-c5ccc(N(c6ccc(-c7ccc(-c8ccccc8)cc7)cc6)c6ccc(-c7ccc8c(sc9ccccc98)c7-c7ccc(-c8ccccc8)cc7)cc6)c(-c6ccccc6)c5)c4)cc3)c3c(-c4ccccc4)cc4c(sc5ccccc54)c3-c3ccccc3)cc21. The lowest BCUT2D eigenvalue weighted by molar-refractivity contribution is 0.660. The number of benzene rings is 18. The number of thiophene rings is 2. The topological polar surface area (TPSA) is 6.48 Å². The molecule has 0 aliphatic heterocycles. The van der Waals surface area contributed by atoms with E-state index in [2.05, 4.69) is 448 Å². The van der Waals surface area contributed by atoms with E-state index in [-0.39, 0.29) is 5.41 Å². The molecule has 0 amide bonds. The van der Waals surface area contributed by atoms with Gasteiger partial charge >= 0.3 is 0 Å². The van der Waals surface area contributed by atoms with Crippen molar-refractivity contribution in [2.75, 3.05) is 9.80 Å². The summed E-state index contributed by atoms with van der Waals surface area (Å²) in [6, 6.07) is 158. The van der Waals surface area contributed by atoms with Crippen molar-refractivity contribution in [3.8, 4) is 122 Å². The second kappa shape index (κ2) is 28.9. The molecule has 0 saturated carbocycles. The van der Waals surface area contributed by atoms with Crippen molar-refractivity contribution < 1.29 is 0 Å². The van der Waals surface area contributed by atoms with Gasteiger partial charge in [0.25, 0.3) is 0 Å². The van der Waals surface area contributed by atoms with Gasteiger partial charge in [0.05, 0.1) is 11.4 Å². The van der Waals surface area contributed by atoms with Crippen LogP contribution in [0.5, 0.6) is 0 Å². The van der Waals surface area contributed by atoms with Gasteiger partial charge in [-0.3, -0.25) is 0 Å². The highest BCUT2D eigenvalue weighted by Gasteiger charge is 2.37. The van der Waals surface area contributed by atoms with Crippen molar-refractivity contribution in [2.45, 2.75) is 19.3 Å². The van der Waals surface area contributed by atoms with Gasteiger partial charge in [0, 0.05) is 90.8 Å². The van der Waals surface area contributed by atoms with Gasteiger partial charge in [0.2, 0.25) is 0 Å². The van der Waals surface area contributed by atoms with E-state index in [4.69, 9.17) is 0 Å². The number of hydrogen-bond donors (Lipinski definition) is 0. The fourth-order valence-electron chi connectivity index (χ4n) is 17.8. The lowest BCUT2D eigenvalue weighted by Gasteiger charge is -2.32.